The van der Waals surface area contributed by atoms with Gasteiger partial charge in [-0.2, -0.15) is 0 Å². The number of halogens is 1. The summed E-state index contributed by atoms with van der Waals surface area (Å²) in [6, 6.07) is 12.7. The minimum absolute atomic E-state index is 0.162. The van der Waals surface area contributed by atoms with Gasteiger partial charge in [-0.15, -0.1) is 0 Å². The SMILES string of the molecule is CCOc1ccc(Cc2cc([C@]3(OCC)O[C@H](CO)[C@@H](O)[C@H](O)[C@H]3O)ccc2Cl)cc1. The molecule has 1 aliphatic rings. The van der Waals surface area contributed by atoms with Gasteiger partial charge in [-0.05, 0) is 55.7 Å². The third-order valence-electron chi connectivity index (χ3n) is 5.39. The van der Waals surface area contributed by atoms with Gasteiger partial charge >= 0.3 is 0 Å². The number of hydrogen-bond donors (Lipinski definition) is 4. The Morgan fingerprint density at radius 2 is 1.71 bits per heavy atom. The van der Waals surface area contributed by atoms with E-state index >= 15 is 0 Å². The van der Waals surface area contributed by atoms with Crippen LogP contribution in [0.1, 0.15) is 30.5 Å². The zero-order chi connectivity index (χ0) is 22.6. The molecule has 0 bridgehead atoms. The van der Waals surface area contributed by atoms with Gasteiger partial charge in [0, 0.05) is 17.2 Å². The Labute approximate surface area is 186 Å². The van der Waals surface area contributed by atoms with Crippen LogP contribution < -0.4 is 4.74 Å². The van der Waals surface area contributed by atoms with Gasteiger partial charge in [0.1, 0.15) is 30.2 Å². The van der Waals surface area contributed by atoms with Gasteiger partial charge in [0.25, 0.3) is 0 Å². The van der Waals surface area contributed by atoms with Crippen LogP contribution >= 0.6 is 11.6 Å². The average Bonchev–Trinajstić information content (AvgIpc) is 2.77. The Kier molecular flexibility index (Phi) is 7.93. The first-order valence-corrected chi connectivity index (χ1v) is 10.7. The predicted octanol–water partition coefficient (Wildman–Crippen LogP) is 1.99. The van der Waals surface area contributed by atoms with Crippen LogP contribution in [0.5, 0.6) is 5.75 Å². The molecule has 7 nitrogen and oxygen atoms in total. The van der Waals surface area contributed by atoms with Crippen LogP contribution in [0.15, 0.2) is 42.5 Å². The molecule has 3 rings (SSSR count). The summed E-state index contributed by atoms with van der Waals surface area (Å²) in [6.07, 6.45) is -5.22. The minimum Gasteiger partial charge on any atom is -0.494 e. The first-order valence-electron chi connectivity index (χ1n) is 10.3. The van der Waals surface area contributed by atoms with E-state index < -0.39 is 36.8 Å². The third-order valence-corrected chi connectivity index (χ3v) is 5.75. The molecule has 1 saturated heterocycles. The molecule has 0 unspecified atom stereocenters. The molecule has 8 heteroatoms. The lowest BCUT2D eigenvalue weighted by Gasteiger charge is -2.48. The molecule has 5 atom stereocenters. The quantitative estimate of drug-likeness (QED) is 0.485. The summed E-state index contributed by atoms with van der Waals surface area (Å²) in [5.74, 6) is -0.985. The summed E-state index contributed by atoms with van der Waals surface area (Å²) >= 11 is 6.43. The molecule has 4 N–H and O–H groups in total. The second-order valence-electron chi connectivity index (χ2n) is 7.43. The van der Waals surface area contributed by atoms with E-state index in [9.17, 15) is 20.4 Å². The van der Waals surface area contributed by atoms with Gasteiger partial charge in [-0.3, -0.25) is 0 Å². The molecule has 170 valence electrons. The highest BCUT2D eigenvalue weighted by atomic mass is 35.5. The van der Waals surface area contributed by atoms with Crippen molar-refractivity contribution in [3.8, 4) is 5.75 Å². The maximum Gasteiger partial charge on any atom is 0.224 e. The van der Waals surface area contributed by atoms with Crippen molar-refractivity contribution < 1.29 is 34.6 Å². The van der Waals surface area contributed by atoms with Gasteiger partial charge in [-0.1, -0.05) is 29.8 Å². The minimum atomic E-state index is -1.76. The molecule has 0 aromatic heterocycles. The van der Waals surface area contributed by atoms with Crippen molar-refractivity contribution in [1.82, 2.24) is 0 Å². The van der Waals surface area contributed by atoms with Crippen LogP contribution in [0.25, 0.3) is 0 Å². The van der Waals surface area contributed by atoms with Crippen LogP contribution in [-0.4, -0.2) is 64.7 Å². The molecule has 2 aromatic carbocycles. The van der Waals surface area contributed by atoms with E-state index in [0.29, 0.717) is 23.6 Å². The lowest BCUT2D eigenvalue weighted by atomic mass is 9.87. The van der Waals surface area contributed by atoms with Gasteiger partial charge < -0.3 is 34.6 Å². The van der Waals surface area contributed by atoms with Crippen LogP contribution in [0.3, 0.4) is 0 Å². The summed E-state index contributed by atoms with van der Waals surface area (Å²) in [5, 5.41) is 41.4. The van der Waals surface area contributed by atoms with Crippen molar-refractivity contribution in [3.05, 3.63) is 64.2 Å². The Morgan fingerprint density at radius 1 is 1.00 bits per heavy atom. The van der Waals surface area contributed by atoms with E-state index in [0.717, 1.165) is 16.9 Å². The lowest BCUT2D eigenvalue weighted by Crippen LogP contribution is -2.64. The fourth-order valence-electron chi connectivity index (χ4n) is 3.81. The van der Waals surface area contributed by atoms with Crippen LogP contribution in [0.2, 0.25) is 5.02 Å². The zero-order valence-corrected chi connectivity index (χ0v) is 18.3. The second-order valence-corrected chi connectivity index (χ2v) is 7.83. The maximum atomic E-state index is 10.8. The summed E-state index contributed by atoms with van der Waals surface area (Å²) in [7, 11) is 0. The summed E-state index contributed by atoms with van der Waals surface area (Å²) in [4.78, 5) is 0. The molecule has 2 aromatic rings. The van der Waals surface area contributed by atoms with Crippen molar-refractivity contribution >= 4 is 11.6 Å². The van der Waals surface area contributed by atoms with Gasteiger partial charge in [0.15, 0.2) is 0 Å². The van der Waals surface area contributed by atoms with Crippen molar-refractivity contribution in [2.45, 2.75) is 50.5 Å². The second kappa shape index (κ2) is 10.3. The zero-order valence-electron chi connectivity index (χ0n) is 17.6. The van der Waals surface area contributed by atoms with Gasteiger partial charge in [0.2, 0.25) is 5.79 Å². The van der Waals surface area contributed by atoms with Crippen LogP contribution in [0, 0.1) is 0 Å². The average molecular weight is 453 g/mol. The Morgan fingerprint density at radius 3 is 2.32 bits per heavy atom. The number of rotatable bonds is 8. The molecule has 0 spiro atoms. The molecule has 1 heterocycles. The number of hydrogen-bond acceptors (Lipinski definition) is 7. The van der Waals surface area contributed by atoms with Crippen molar-refractivity contribution in [1.29, 1.82) is 0 Å². The smallest absolute Gasteiger partial charge is 0.224 e. The summed E-state index contributed by atoms with van der Waals surface area (Å²) in [5.41, 5.74) is 2.19. The van der Waals surface area contributed by atoms with E-state index in [1.54, 1.807) is 25.1 Å². The topological polar surface area (TPSA) is 109 Å². The van der Waals surface area contributed by atoms with E-state index in [1.165, 1.54) is 0 Å². The van der Waals surface area contributed by atoms with Gasteiger partial charge in [0.05, 0.1) is 13.2 Å². The molecule has 0 saturated carbocycles. The number of ether oxygens (including phenoxy) is 3. The number of benzene rings is 2. The van der Waals surface area contributed by atoms with Gasteiger partial charge in [-0.25, -0.2) is 0 Å². The van der Waals surface area contributed by atoms with Crippen LogP contribution in [-0.2, 0) is 21.7 Å². The van der Waals surface area contributed by atoms with Crippen molar-refractivity contribution in [2.75, 3.05) is 19.8 Å². The highest BCUT2D eigenvalue weighted by molar-refractivity contribution is 6.31. The summed E-state index contributed by atoms with van der Waals surface area (Å²) in [6.45, 7) is 3.85. The molecule has 0 amide bonds. The largest absolute Gasteiger partial charge is 0.494 e. The first-order chi connectivity index (χ1) is 14.9. The fraction of sp³-hybridized carbons (Fsp3) is 0.478. The van der Waals surface area contributed by atoms with E-state index in [1.807, 2.05) is 31.2 Å². The highest BCUT2D eigenvalue weighted by Gasteiger charge is 2.55. The first kappa shape index (κ1) is 23.9. The normalized spacial score (nSPS) is 28.5. The third kappa shape index (κ3) is 4.88. The molecule has 1 fully saturated rings. The van der Waals surface area contributed by atoms with E-state index in [2.05, 4.69) is 0 Å². The number of aliphatic hydroxyl groups is 4. The Hall–Kier alpha value is -1.71. The maximum absolute atomic E-state index is 10.8. The fourth-order valence-corrected chi connectivity index (χ4v) is 4.00. The number of aliphatic hydroxyl groups excluding tert-OH is 4. The molecule has 0 radical (unpaired) electrons. The monoisotopic (exact) mass is 452 g/mol. The van der Waals surface area contributed by atoms with E-state index in [-0.39, 0.29) is 6.61 Å². The van der Waals surface area contributed by atoms with Crippen molar-refractivity contribution in [3.63, 3.8) is 0 Å². The van der Waals surface area contributed by atoms with E-state index in [4.69, 9.17) is 25.8 Å². The lowest BCUT2D eigenvalue weighted by molar-refractivity contribution is -0.372. The highest BCUT2D eigenvalue weighted by Crippen LogP contribution is 2.41. The molecule has 0 aliphatic carbocycles. The summed E-state index contributed by atoms with van der Waals surface area (Å²) < 4.78 is 17.1. The molecular weight excluding hydrogens is 424 g/mol. The molecule has 1 aliphatic heterocycles. The Bertz CT molecular complexity index is 858. The standard InChI is InChI=1S/C23H29ClO7/c1-3-29-17-8-5-14(6-9-17)11-15-12-16(7-10-18(15)24)23(30-4-2)22(28)21(27)20(26)19(13-25)31-23/h5-10,12,19-22,25-28H,3-4,11,13H2,1-2H3/t19-,20-,21+,22-,23+/m1/s1. The van der Waals surface area contributed by atoms with Crippen LogP contribution in [0.4, 0.5) is 0 Å². The molecular formula is C23H29ClO7. The van der Waals surface area contributed by atoms with Crippen molar-refractivity contribution in [2.24, 2.45) is 0 Å². The molecule has 31 heavy (non-hydrogen) atoms. The Balaban J connectivity index is 1.96. The predicted molar refractivity (Wildman–Crippen MR) is 115 cm³/mol.